The summed E-state index contributed by atoms with van der Waals surface area (Å²) in [5.41, 5.74) is 1.16. The van der Waals surface area contributed by atoms with Crippen molar-refractivity contribution in [3.05, 3.63) is 35.9 Å². The van der Waals surface area contributed by atoms with Crippen LogP contribution in [0.5, 0.6) is 0 Å². The van der Waals surface area contributed by atoms with E-state index in [4.69, 9.17) is 0 Å². The molecule has 3 heteroatoms. The van der Waals surface area contributed by atoms with Crippen LogP contribution in [-0.4, -0.2) is 24.0 Å². The molecule has 2 rings (SSSR count). The van der Waals surface area contributed by atoms with Crippen molar-refractivity contribution in [2.75, 3.05) is 7.05 Å². The van der Waals surface area contributed by atoms with E-state index < -0.39 is 0 Å². The highest BCUT2D eigenvalue weighted by atomic mass is 16.2. The van der Waals surface area contributed by atoms with E-state index in [0.29, 0.717) is 18.5 Å². The van der Waals surface area contributed by atoms with Crippen LogP contribution in [0.1, 0.15) is 38.2 Å². The van der Waals surface area contributed by atoms with E-state index in [9.17, 15) is 4.79 Å². The monoisotopic (exact) mass is 260 g/mol. The average molecular weight is 260 g/mol. The largest absolute Gasteiger partial charge is 0.335 e. The molecule has 0 heterocycles. The SMILES string of the molecule is C[C@@H]1CCCC[C@@H]1NC(=O)N(C)Cc1ccccc1. The molecule has 0 aromatic heterocycles. The zero-order chi connectivity index (χ0) is 13.7. The molecule has 0 unspecified atom stereocenters. The normalized spacial score (nSPS) is 22.8. The molecule has 0 radical (unpaired) electrons. The molecule has 1 N–H and O–H groups in total. The van der Waals surface area contributed by atoms with Gasteiger partial charge in [-0.2, -0.15) is 0 Å². The summed E-state index contributed by atoms with van der Waals surface area (Å²) >= 11 is 0. The van der Waals surface area contributed by atoms with E-state index in [0.717, 1.165) is 12.0 Å². The van der Waals surface area contributed by atoms with Crippen molar-refractivity contribution >= 4 is 6.03 Å². The summed E-state index contributed by atoms with van der Waals surface area (Å²) in [5.74, 6) is 0.600. The molecule has 0 aliphatic heterocycles. The van der Waals surface area contributed by atoms with Crippen molar-refractivity contribution in [2.24, 2.45) is 5.92 Å². The molecule has 1 aliphatic rings. The lowest BCUT2D eigenvalue weighted by Crippen LogP contribution is -2.46. The third kappa shape index (κ3) is 3.98. The van der Waals surface area contributed by atoms with E-state index in [1.807, 2.05) is 37.4 Å². The van der Waals surface area contributed by atoms with Gasteiger partial charge >= 0.3 is 6.03 Å². The summed E-state index contributed by atoms with van der Waals surface area (Å²) in [6.45, 7) is 2.90. The van der Waals surface area contributed by atoms with Gasteiger partial charge in [-0.15, -0.1) is 0 Å². The summed E-state index contributed by atoms with van der Waals surface area (Å²) in [7, 11) is 1.86. The van der Waals surface area contributed by atoms with Crippen molar-refractivity contribution in [1.29, 1.82) is 0 Å². The van der Waals surface area contributed by atoms with E-state index >= 15 is 0 Å². The Morgan fingerprint density at radius 3 is 2.63 bits per heavy atom. The van der Waals surface area contributed by atoms with Gasteiger partial charge in [0, 0.05) is 19.6 Å². The lowest BCUT2D eigenvalue weighted by molar-refractivity contribution is 0.190. The molecule has 1 fully saturated rings. The molecule has 1 aliphatic carbocycles. The van der Waals surface area contributed by atoms with Gasteiger partial charge in [0.05, 0.1) is 0 Å². The van der Waals surface area contributed by atoms with Gasteiger partial charge in [-0.25, -0.2) is 4.79 Å². The highest BCUT2D eigenvalue weighted by molar-refractivity contribution is 5.74. The van der Waals surface area contributed by atoms with Crippen LogP contribution >= 0.6 is 0 Å². The van der Waals surface area contributed by atoms with E-state index in [2.05, 4.69) is 12.2 Å². The van der Waals surface area contributed by atoms with Gasteiger partial charge in [-0.3, -0.25) is 0 Å². The first-order valence-corrected chi connectivity index (χ1v) is 7.22. The standard InChI is InChI=1S/C16H24N2O/c1-13-8-6-7-11-15(13)17-16(19)18(2)12-14-9-4-3-5-10-14/h3-5,9-10,13,15H,6-8,11-12H2,1-2H3,(H,17,19)/t13-,15+/m1/s1. The van der Waals surface area contributed by atoms with E-state index in [1.165, 1.54) is 19.3 Å². The minimum absolute atomic E-state index is 0.0441. The van der Waals surface area contributed by atoms with E-state index in [1.54, 1.807) is 4.90 Å². The second-order valence-corrected chi connectivity index (χ2v) is 5.66. The molecule has 0 bridgehead atoms. The fraction of sp³-hybridized carbons (Fsp3) is 0.562. The minimum Gasteiger partial charge on any atom is -0.335 e. The lowest BCUT2D eigenvalue weighted by atomic mass is 9.86. The van der Waals surface area contributed by atoms with Crippen LogP contribution in [-0.2, 0) is 6.54 Å². The smallest absolute Gasteiger partial charge is 0.317 e. The average Bonchev–Trinajstić information content (AvgIpc) is 2.42. The molecule has 0 saturated heterocycles. The first-order chi connectivity index (χ1) is 9.16. The van der Waals surface area contributed by atoms with Gasteiger partial charge in [0.25, 0.3) is 0 Å². The van der Waals surface area contributed by atoms with Gasteiger partial charge in [0.1, 0.15) is 0 Å². The predicted molar refractivity (Wildman–Crippen MR) is 77.9 cm³/mol. The number of hydrogen-bond acceptors (Lipinski definition) is 1. The number of urea groups is 1. The van der Waals surface area contributed by atoms with Crippen molar-refractivity contribution < 1.29 is 4.79 Å². The van der Waals surface area contributed by atoms with Crippen LogP contribution in [0.3, 0.4) is 0 Å². The van der Waals surface area contributed by atoms with Gasteiger partial charge < -0.3 is 10.2 Å². The summed E-state index contributed by atoms with van der Waals surface area (Å²) in [6.07, 6.45) is 4.88. The maximum absolute atomic E-state index is 12.2. The first-order valence-electron chi connectivity index (χ1n) is 7.22. The Morgan fingerprint density at radius 2 is 1.95 bits per heavy atom. The van der Waals surface area contributed by atoms with Gasteiger partial charge in [-0.05, 0) is 24.3 Å². The zero-order valence-corrected chi connectivity index (χ0v) is 11.9. The topological polar surface area (TPSA) is 32.3 Å². The number of rotatable bonds is 3. The fourth-order valence-electron chi connectivity index (χ4n) is 2.73. The minimum atomic E-state index is 0.0441. The highest BCUT2D eigenvalue weighted by Crippen LogP contribution is 2.23. The maximum atomic E-state index is 12.2. The third-order valence-corrected chi connectivity index (χ3v) is 4.03. The second-order valence-electron chi connectivity index (χ2n) is 5.66. The summed E-state index contributed by atoms with van der Waals surface area (Å²) < 4.78 is 0. The molecule has 104 valence electrons. The maximum Gasteiger partial charge on any atom is 0.317 e. The van der Waals surface area contributed by atoms with Crippen molar-refractivity contribution in [1.82, 2.24) is 10.2 Å². The summed E-state index contributed by atoms with van der Waals surface area (Å²) in [6, 6.07) is 10.5. The quantitative estimate of drug-likeness (QED) is 0.887. The molecule has 1 aromatic rings. The number of carbonyl (C=O) groups excluding carboxylic acids is 1. The van der Waals surface area contributed by atoms with E-state index in [-0.39, 0.29) is 6.03 Å². The number of amides is 2. The Hall–Kier alpha value is -1.51. The number of carbonyl (C=O) groups is 1. The number of nitrogens with zero attached hydrogens (tertiary/aromatic N) is 1. The number of benzene rings is 1. The summed E-state index contributed by atoms with van der Waals surface area (Å²) in [5, 5.41) is 3.18. The van der Waals surface area contributed by atoms with Crippen molar-refractivity contribution in [3.8, 4) is 0 Å². The van der Waals surface area contributed by atoms with Gasteiger partial charge in [0.15, 0.2) is 0 Å². The Kier molecular flexibility index (Phi) is 4.83. The first kappa shape index (κ1) is 13.9. The van der Waals surface area contributed by atoms with Crippen LogP contribution in [0, 0.1) is 5.92 Å². The Balaban J connectivity index is 1.85. The van der Waals surface area contributed by atoms with Crippen LogP contribution in [0.15, 0.2) is 30.3 Å². The molecule has 0 spiro atoms. The summed E-state index contributed by atoms with van der Waals surface area (Å²) in [4.78, 5) is 13.9. The number of nitrogens with one attached hydrogen (secondary N) is 1. The molecule has 19 heavy (non-hydrogen) atoms. The molecule has 2 amide bonds. The van der Waals surface area contributed by atoms with Crippen molar-refractivity contribution in [3.63, 3.8) is 0 Å². The van der Waals surface area contributed by atoms with Crippen LogP contribution in [0.4, 0.5) is 4.79 Å². The Bertz CT molecular complexity index is 404. The van der Waals surface area contributed by atoms with Crippen LogP contribution < -0.4 is 5.32 Å². The predicted octanol–water partition coefficient (Wildman–Crippen LogP) is 3.41. The van der Waals surface area contributed by atoms with Gasteiger partial charge in [-0.1, -0.05) is 50.1 Å². The Labute approximate surface area is 116 Å². The molecule has 3 nitrogen and oxygen atoms in total. The van der Waals surface area contributed by atoms with Crippen LogP contribution in [0.2, 0.25) is 0 Å². The molecule has 1 saturated carbocycles. The second kappa shape index (κ2) is 6.60. The third-order valence-electron chi connectivity index (χ3n) is 4.03. The lowest BCUT2D eigenvalue weighted by Gasteiger charge is -2.31. The highest BCUT2D eigenvalue weighted by Gasteiger charge is 2.23. The molecule has 2 atom stereocenters. The molecular formula is C16H24N2O. The zero-order valence-electron chi connectivity index (χ0n) is 11.9. The molecular weight excluding hydrogens is 236 g/mol. The van der Waals surface area contributed by atoms with Crippen molar-refractivity contribution in [2.45, 2.75) is 45.2 Å². The molecule has 1 aromatic carbocycles. The Morgan fingerprint density at radius 1 is 1.26 bits per heavy atom. The fourth-order valence-corrected chi connectivity index (χ4v) is 2.73. The van der Waals surface area contributed by atoms with Crippen LogP contribution in [0.25, 0.3) is 0 Å². The van der Waals surface area contributed by atoms with Gasteiger partial charge in [0.2, 0.25) is 0 Å². The number of hydrogen-bond donors (Lipinski definition) is 1.